The third-order valence-corrected chi connectivity index (χ3v) is 4.33. The van der Waals surface area contributed by atoms with Gasteiger partial charge in [-0.15, -0.1) is 0 Å². The Balaban J connectivity index is 1.54. The predicted octanol–water partition coefficient (Wildman–Crippen LogP) is 2.46. The van der Waals surface area contributed by atoms with Crippen molar-refractivity contribution < 1.29 is 23.8 Å². The van der Waals surface area contributed by atoms with Crippen LogP contribution in [0.25, 0.3) is 0 Å². The van der Waals surface area contributed by atoms with E-state index in [4.69, 9.17) is 14.2 Å². The van der Waals surface area contributed by atoms with E-state index in [-0.39, 0.29) is 25.0 Å². The van der Waals surface area contributed by atoms with Crippen molar-refractivity contribution in [3.05, 3.63) is 42.0 Å². The van der Waals surface area contributed by atoms with Gasteiger partial charge in [-0.2, -0.15) is 0 Å². The highest BCUT2D eigenvalue weighted by Gasteiger charge is 2.23. The molecule has 2 aromatic carbocycles. The van der Waals surface area contributed by atoms with Crippen molar-refractivity contribution in [3.8, 4) is 17.2 Å². The van der Waals surface area contributed by atoms with Gasteiger partial charge < -0.3 is 24.4 Å². The van der Waals surface area contributed by atoms with Gasteiger partial charge in [-0.05, 0) is 25.1 Å². The average molecular weight is 354 g/mol. The zero-order valence-electron chi connectivity index (χ0n) is 14.3. The largest absolute Gasteiger partial charge is 0.490 e. The zero-order chi connectivity index (χ0) is 18.1. The van der Waals surface area contributed by atoms with Crippen LogP contribution in [0.15, 0.2) is 36.4 Å². The second-order valence-corrected chi connectivity index (χ2v) is 6.09. The maximum atomic E-state index is 12.6. The first-order valence-corrected chi connectivity index (χ1v) is 8.33. The van der Waals surface area contributed by atoms with Crippen molar-refractivity contribution in [1.29, 1.82) is 0 Å². The van der Waals surface area contributed by atoms with Gasteiger partial charge in [-0.25, -0.2) is 0 Å². The molecular weight excluding hydrogens is 336 g/mol. The Labute approximate surface area is 150 Å². The standard InChI is InChI=1S/C19H18N2O5/c1-12(22)13-8-17-18(26-11-25-17)9-14(13)20-19(23)10-21-6-7-24-16-5-3-2-4-15(16)21/h2-5,8-9H,6-7,10-11H2,1H3,(H,20,23). The molecule has 4 rings (SSSR count). The number of para-hydroxylation sites is 2. The molecule has 1 amide bonds. The second kappa shape index (κ2) is 6.59. The average Bonchev–Trinajstić information content (AvgIpc) is 3.08. The maximum Gasteiger partial charge on any atom is 0.243 e. The molecule has 7 nitrogen and oxygen atoms in total. The van der Waals surface area contributed by atoms with E-state index in [1.54, 1.807) is 12.1 Å². The van der Waals surface area contributed by atoms with E-state index in [9.17, 15) is 9.59 Å². The van der Waals surface area contributed by atoms with Gasteiger partial charge in [-0.3, -0.25) is 9.59 Å². The third-order valence-electron chi connectivity index (χ3n) is 4.33. The van der Waals surface area contributed by atoms with Crippen LogP contribution in [0.4, 0.5) is 11.4 Å². The summed E-state index contributed by atoms with van der Waals surface area (Å²) in [4.78, 5) is 26.5. The number of nitrogens with zero attached hydrogens (tertiary/aromatic N) is 1. The van der Waals surface area contributed by atoms with Crippen LogP contribution in [0.3, 0.4) is 0 Å². The van der Waals surface area contributed by atoms with Crippen LogP contribution >= 0.6 is 0 Å². The van der Waals surface area contributed by atoms with Gasteiger partial charge in [0, 0.05) is 11.6 Å². The molecule has 0 bridgehead atoms. The minimum atomic E-state index is -0.219. The fourth-order valence-electron chi connectivity index (χ4n) is 3.09. The van der Waals surface area contributed by atoms with E-state index in [0.29, 0.717) is 35.9 Å². The second-order valence-electron chi connectivity index (χ2n) is 6.09. The number of hydrogen-bond donors (Lipinski definition) is 1. The lowest BCUT2D eigenvalue weighted by molar-refractivity contribution is -0.115. The lowest BCUT2D eigenvalue weighted by atomic mass is 10.1. The smallest absolute Gasteiger partial charge is 0.243 e. The summed E-state index contributed by atoms with van der Waals surface area (Å²) in [6.45, 7) is 2.85. The van der Waals surface area contributed by atoms with Gasteiger partial charge >= 0.3 is 0 Å². The van der Waals surface area contributed by atoms with E-state index in [0.717, 1.165) is 11.4 Å². The highest BCUT2D eigenvalue weighted by atomic mass is 16.7. The van der Waals surface area contributed by atoms with Crippen LogP contribution in [0, 0.1) is 0 Å². The lowest BCUT2D eigenvalue weighted by Gasteiger charge is -2.30. The minimum absolute atomic E-state index is 0.106. The minimum Gasteiger partial charge on any atom is -0.490 e. The molecule has 2 aromatic rings. The number of ether oxygens (including phenoxy) is 3. The number of ketones is 1. The number of hydrogen-bond acceptors (Lipinski definition) is 6. The Morgan fingerprint density at radius 1 is 1.08 bits per heavy atom. The van der Waals surface area contributed by atoms with Gasteiger partial charge in [0.25, 0.3) is 0 Å². The first-order chi connectivity index (χ1) is 12.6. The molecule has 2 heterocycles. The molecule has 0 radical (unpaired) electrons. The van der Waals surface area contributed by atoms with Crippen molar-refractivity contribution in [2.75, 3.05) is 36.7 Å². The predicted molar refractivity (Wildman–Crippen MR) is 95.3 cm³/mol. The maximum absolute atomic E-state index is 12.6. The van der Waals surface area contributed by atoms with E-state index in [2.05, 4.69) is 5.32 Å². The fraction of sp³-hybridized carbons (Fsp3) is 0.263. The number of fused-ring (bicyclic) bond motifs is 2. The molecule has 2 aliphatic heterocycles. The Bertz CT molecular complexity index is 880. The van der Waals surface area contributed by atoms with Crippen LogP contribution < -0.4 is 24.4 Å². The molecule has 0 unspecified atom stereocenters. The van der Waals surface area contributed by atoms with Crippen LogP contribution in [0.1, 0.15) is 17.3 Å². The Morgan fingerprint density at radius 3 is 2.65 bits per heavy atom. The van der Waals surface area contributed by atoms with Gasteiger partial charge in [-0.1, -0.05) is 12.1 Å². The number of anilines is 2. The molecule has 0 aromatic heterocycles. The molecule has 1 N–H and O–H groups in total. The number of carbonyl (C=O) groups excluding carboxylic acids is 2. The first-order valence-electron chi connectivity index (χ1n) is 8.33. The topological polar surface area (TPSA) is 77.1 Å². The van der Waals surface area contributed by atoms with E-state index in [1.165, 1.54) is 6.92 Å². The third kappa shape index (κ3) is 3.03. The summed E-state index contributed by atoms with van der Waals surface area (Å²) in [5.74, 6) is 1.41. The molecule has 2 aliphatic rings. The number of rotatable bonds is 4. The zero-order valence-corrected chi connectivity index (χ0v) is 14.3. The van der Waals surface area contributed by atoms with Crippen LogP contribution in [-0.4, -0.2) is 38.2 Å². The van der Waals surface area contributed by atoms with E-state index < -0.39 is 0 Å². The molecule has 0 saturated heterocycles. The Kier molecular flexibility index (Phi) is 4.12. The van der Waals surface area contributed by atoms with Crippen LogP contribution in [-0.2, 0) is 4.79 Å². The van der Waals surface area contributed by atoms with Crippen molar-refractivity contribution in [3.63, 3.8) is 0 Å². The molecule has 0 aliphatic carbocycles. The molecule has 7 heteroatoms. The molecule has 0 fully saturated rings. The highest BCUT2D eigenvalue weighted by Crippen LogP contribution is 2.37. The summed E-state index contributed by atoms with van der Waals surface area (Å²) in [5, 5.41) is 2.82. The molecule has 134 valence electrons. The van der Waals surface area contributed by atoms with Gasteiger partial charge in [0.2, 0.25) is 12.7 Å². The summed E-state index contributed by atoms with van der Waals surface area (Å²) in [5.41, 5.74) is 1.70. The van der Waals surface area contributed by atoms with Gasteiger partial charge in [0.05, 0.1) is 24.5 Å². The summed E-state index contributed by atoms with van der Waals surface area (Å²) < 4.78 is 16.2. The Morgan fingerprint density at radius 2 is 1.85 bits per heavy atom. The van der Waals surface area contributed by atoms with Crippen molar-refractivity contribution in [2.24, 2.45) is 0 Å². The molecule has 26 heavy (non-hydrogen) atoms. The molecular formula is C19H18N2O5. The fourth-order valence-corrected chi connectivity index (χ4v) is 3.09. The van der Waals surface area contributed by atoms with Crippen molar-refractivity contribution in [1.82, 2.24) is 0 Å². The van der Waals surface area contributed by atoms with Crippen LogP contribution in [0.2, 0.25) is 0 Å². The SMILES string of the molecule is CC(=O)c1cc2c(cc1NC(=O)CN1CCOc3ccccc31)OCO2. The summed E-state index contributed by atoms with van der Waals surface area (Å²) in [6.07, 6.45) is 0. The van der Waals surface area contributed by atoms with Gasteiger partial charge in [0.15, 0.2) is 17.3 Å². The Hall–Kier alpha value is -3.22. The number of amides is 1. The van der Waals surface area contributed by atoms with Crippen molar-refractivity contribution in [2.45, 2.75) is 6.92 Å². The van der Waals surface area contributed by atoms with Crippen LogP contribution in [0.5, 0.6) is 17.2 Å². The number of benzene rings is 2. The normalized spacial score (nSPS) is 14.4. The lowest BCUT2D eigenvalue weighted by Crippen LogP contribution is -2.38. The first kappa shape index (κ1) is 16.3. The summed E-state index contributed by atoms with van der Waals surface area (Å²) in [6, 6.07) is 10.8. The number of nitrogens with one attached hydrogen (secondary N) is 1. The summed E-state index contributed by atoms with van der Waals surface area (Å²) >= 11 is 0. The quantitative estimate of drug-likeness (QED) is 0.850. The number of carbonyl (C=O) groups is 2. The molecule has 0 saturated carbocycles. The van der Waals surface area contributed by atoms with Crippen molar-refractivity contribution >= 4 is 23.1 Å². The monoisotopic (exact) mass is 354 g/mol. The summed E-state index contributed by atoms with van der Waals surface area (Å²) in [7, 11) is 0. The molecule has 0 atom stereocenters. The molecule has 0 spiro atoms. The van der Waals surface area contributed by atoms with Gasteiger partial charge in [0.1, 0.15) is 12.4 Å². The van der Waals surface area contributed by atoms with E-state index >= 15 is 0 Å². The highest BCUT2D eigenvalue weighted by molar-refractivity contribution is 6.05. The van der Waals surface area contributed by atoms with E-state index in [1.807, 2.05) is 29.2 Å². The number of Topliss-reactive ketones (excluding diaryl/α,β-unsaturated/α-hetero) is 1.